The Morgan fingerprint density at radius 1 is 1.53 bits per heavy atom. The summed E-state index contributed by atoms with van der Waals surface area (Å²) in [6.07, 6.45) is 2.96. The first kappa shape index (κ1) is 12.3. The molecule has 1 aromatic heterocycles. The van der Waals surface area contributed by atoms with Gasteiger partial charge < -0.3 is 5.32 Å². The molecule has 0 saturated heterocycles. The smallest absolute Gasteiger partial charge is 0.0801 e. The van der Waals surface area contributed by atoms with Crippen molar-refractivity contribution in [2.24, 2.45) is 0 Å². The van der Waals surface area contributed by atoms with Gasteiger partial charge in [0.25, 0.3) is 0 Å². The molecule has 84 valence electrons. The molecule has 1 unspecified atom stereocenters. The maximum Gasteiger partial charge on any atom is 0.0801 e. The Hall–Kier alpha value is -0.740. The van der Waals surface area contributed by atoms with Crippen molar-refractivity contribution in [3.05, 3.63) is 22.7 Å². The lowest BCUT2D eigenvalue weighted by atomic mass is 10.0. The average molecular weight is 225 g/mol. The second kappa shape index (κ2) is 5.98. The predicted octanol–water partition coefficient (Wildman–Crippen LogP) is 2.72. The van der Waals surface area contributed by atoms with Gasteiger partial charge in [-0.15, -0.1) is 5.10 Å². The molecule has 0 aliphatic carbocycles. The monoisotopic (exact) mass is 225 g/mol. The number of aromatic nitrogens is 2. The molecule has 0 fully saturated rings. The van der Waals surface area contributed by atoms with E-state index < -0.39 is 0 Å². The second-order valence-corrected chi connectivity index (χ2v) is 4.37. The third-order valence-corrected chi connectivity index (χ3v) is 3.46. The molecule has 15 heavy (non-hydrogen) atoms. The number of nitrogens with zero attached hydrogens (tertiary/aromatic N) is 2. The Morgan fingerprint density at radius 3 is 2.80 bits per heavy atom. The maximum absolute atomic E-state index is 4.14. The van der Waals surface area contributed by atoms with Crippen LogP contribution in [0, 0.1) is 0 Å². The summed E-state index contributed by atoms with van der Waals surface area (Å²) in [7, 11) is 1.98. The second-order valence-electron chi connectivity index (χ2n) is 3.59. The van der Waals surface area contributed by atoms with Crippen LogP contribution in [0.2, 0.25) is 0 Å². The largest absolute Gasteiger partial charge is 0.312 e. The molecule has 0 aliphatic rings. The predicted molar refractivity (Wildman–Crippen MR) is 65.1 cm³/mol. The quantitative estimate of drug-likeness (QED) is 0.756. The number of rotatable bonds is 6. The van der Waals surface area contributed by atoms with Gasteiger partial charge in [-0.25, -0.2) is 0 Å². The van der Waals surface area contributed by atoms with Gasteiger partial charge in [-0.1, -0.05) is 30.5 Å². The lowest BCUT2D eigenvalue weighted by Crippen LogP contribution is -2.17. The van der Waals surface area contributed by atoms with E-state index in [4.69, 9.17) is 0 Å². The molecule has 0 aromatic carbocycles. The van der Waals surface area contributed by atoms with Crippen molar-refractivity contribution in [3.63, 3.8) is 0 Å². The van der Waals surface area contributed by atoms with Gasteiger partial charge in [-0.2, -0.15) is 0 Å². The van der Waals surface area contributed by atoms with Crippen molar-refractivity contribution >= 4 is 11.5 Å². The van der Waals surface area contributed by atoms with Gasteiger partial charge in [0.1, 0.15) is 0 Å². The fraction of sp³-hybridized carbons (Fsp3) is 0.636. The van der Waals surface area contributed by atoms with Gasteiger partial charge in [0.2, 0.25) is 0 Å². The van der Waals surface area contributed by atoms with Crippen molar-refractivity contribution in [1.82, 2.24) is 14.9 Å². The fourth-order valence-electron chi connectivity index (χ4n) is 1.48. The minimum absolute atomic E-state index is 0.326. The molecule has 1 atom stereocenters. The van der Waals surface area contributed by atoms with Gasteiger partial charge in [0, 0.05) is 6.04 Å². The Kier molecular flexibility index (Phi) is 4.91. The van der Waals surface area contributed by atoms with Crippen LogP contribution in [0.25, 0.3) is 0 Å². The molecule has 4 heteroatoms. The summed E-state index contributed by atoms with van der Waals surface area (Å²) >= 11 is 1.49. The molecular formula is C11H19N3S. The Balaban J connectivity index is 2.78. The van der Waals surface area contributed by atoms with E-state index in [-0.39, 0.29) is 0 Å². The normalized spacial score (nSPS) is 12.7. The summed E-state index contributed by atoms with van der Waals surface area (Å²) in [5.74, 6) is 0. The van der Waals surface area contributed by atoms with Crippen LogP contribution in [0.1, 0.15) is 43.3 Å². The molecule has 3 nitrogen and oxygen atoms in total. The van der Waals surface area contributed by atoms with Crippen molar-refractivity contribution in [2.45, 2.75) is 39.2 Å². The van der Waals surface area contributed by atoms with E-state index in [0.717, 1.165) is 25.0 Å². The van der Waals surface area contributed by atoms with Crippen LogP contribution in [0.3, 0.4) is 0 Å². The number of hydrogen-bond donors (Lipinski definition) is 1. The zero-order valence-corrected chi connectivity index (χ0v) is 10.5. The number of nitrogens with one attached hydrogen (secondary N) is 1. The zero-order valence-electron chi connectivity index (χ0n) is 9.71. The molecule has 1 heterocycles. The first-order valence-corrected chi connectivity index (χ1v) is 6.15. The van der Waals surface area contributed by atoms with Crippen LogP contribution >= 0.6 is 11.5 Å². The maximum atomic E-state index is 4.14. The minimum Gasteiger partial charge on any atom is -0.312 e. The lowest BCUT2D eigenvalue weighted by molar-refractivity contribution is 0.586. The Morgan fingerprint density at radius 2 is 2.27 bits per heavy atom. The first-order valence-electron chi connectivity index (χ1n) is 5.37. The van der Waals surface area contributed by atoms with Crippen molar-refractivity contribution in [3.8, 4) is 0 Å². The molecule has 0 spiro atoms. The molecule has 1 rings (SSSR count). The van der Waals surface area contributed by atoms with Gasteiger partial charge in [-0.05, 0) is 37.8 Å². The van der Waals surface area contributed by atoms with E-state index >= 15 is 0 Å². The highest BCUT2D eigenvalue weighted by atomic mass is 32.1. The summed E-state index contributed by atoms with van der Waals surface area (Å²) < 4.78 is 4.02. The molecule has 1 N–H and O–H groups in total. The molecule has 0 saturated carbocycles. The van der Waals surface area contributed by atoms with Crippen molar-refractivity contribution in [2.75, 3.05) is 7.05 Å². The van der Waals surface area contributed by atoms with E-state index in [2.05, 4.69) is 35.3 Å². The van der Waals surface area contributed by atoms with Crippen LogP contribution in [0.4, 0.5) is 0 Å². The summed E-state index contributed by atoms with van der Waals surface area (Å²) in [6.45, 7) is 8.30. The van der Waals surface area contributed by atoms with Gasteiger partial charge >= 0.3 is 0 Å². The van der Waals surface area contributed by atoms with Gasteiger partial charge in [-0.3, -0.25) is 0 Å². The van der Waals surface area contributed by atoms with E-state index in [1.807, 2.05) is 7.05 Å². The molecule has 0 radical (unpaired) electrons. The van der Waals surface area contributed by atoms with E-state index in [9.17, 15) is 0 Å². The van der Waals surface area contributed by atoms with Crippen LogP contribution in [-0.4, -0.2) is 16.6 Å². The van der Waals surface area contributed by atoms with E-state index in [1.54, 1.807) is 0 Å². The van der Waals surface area contributed by atoms with Crippen LogP contribution in [0.5, 0.6) is 0 Å². The van der Waals surface area contributed by atoms with Crippen molar-refractivity contribution < 1.29 is 0 Å². The molecule has 0 bridgehead atoms. The van der Waals surface area contributed by atoms with E-state index in [1.165, 1.54) is 22.0 Å². The highest BCUT2D eigenvalue weighted by molar-refractivity contribution is 7.05. The molecule has 0 aliphatic heterocycles. The highest BCUT2D eigenvalue weighted by Crippen LogP contribution is 2.26. The fourth-order valence-corrected chi connectivity index (χ4v) is 2.33. The number of hydrogen-bond acceptors (Lipinski definition) is 4. The highest BCUT2D eigenvalue weighted by Gasteiger charge is 2.17. The first-order chi connectivity index (χ1) is 7.22. The van der Waals surface area contributed by atoms with Crippen LogP contribution in [-0.2, 0) is 6.42 Å². The van der Waals surface area contributed by atoms with Gasteiger partial charge in [0.05, 0.1) is 10.6 Å². The zero-order chi connectivity index (χ0) is 11.3. The Labute approximate surface area is 95.8 Å². The average Bonchev–Trinajstić information content (AvgIpc) is 2.73. The molecule has 0 amide bonds. The lowest BCUT2D eigenvalue weighted by Gasteiger charge is -2.15. The minimum atomic E-state index is 0.326. The summed E-state index contributed by atoms with van der Waals surface area (Å²) in [6, 6.07) is 0.326. The topological polar surface area (TPSA) is 37.8 Å². The van der Waals surface area contributed by atoms with Gasteiger partial charge in [0.15, 0.2) is 0 Å². The molecule has 1 aromatic rings. The summed E-state index contributed by atoms with van der Waals surface area (Å²) in [4.78, 5) is 1.26. The van der Waals surface area contributed by atoms with Crippen molar-refractivity contribution in [1.29, 1.82) is 0 Å². The third kappa shape index (κ3) is 3.11. The SMILES string of the molecule is C=C(CC)CC(NC)c1snnc1CC. The summed E-state index contributed by atoms with van der Waals surface area (Å²) in [5, 5.41) is 7.45. The van der Waals surface area contributed by atoms with E-state index in [0.29, 0.717) is 6.04 Å². The summed E-state index contributed by atoms with van der Waals surface area (Å²) in [5.41, 5.74) is 2.38. The standard InChI is InChI=1S/C11H19N3S/c1-5-8(3)7-10(12-4)11-9(6-2)13-14-15-11/h10,12H,3,5-7H2,1-2,4H3. The molecular weight excluding hydrogens is 206 g/mol. The Bertz CT molecular complexity index is 319. The van der Waals surface area contributed by atoms with Crippen LogP contribution < -0.4 is 5.32 Å². The third-order valence-electron chi connectivity index (χ3n) is 2.58. The van der Waals surface area contributed by atoms with Crippen LogP contribution in [0.15, 0.2) is 12.2 Å². The number of aryl methyl sites for hydroxylation is 1.